The SMILES string of the molecule is NC(=O)c1nc(Nc2ccc3ccccc3c2)sc1NC(=O)c1ccc(CN2CC(O)C2)cc1. The number of aliphatic hydroxyl groups excluding tert-OH is 1. The Morgan fingerprint density at radius 1 is 1.06 bits per heavy atom. The largest absolute Gasteiger partial charge is 0.390 e. The topological polar surface area (TPSA) is 121 Å². The highest BCUT2D eigenvalue weighted by molar-refractivity contribution is 7.20. The molecule has 5 rings (SSSR count). The second-order valence-electron chi connectivity index (χ2n) is 8.25. The van der Waals surface area contributed by atoms with Gasteiger partial charge in [-0.05, 0) is 40.6 Å². The van der Waals surface area contributed by atoms with Crippen LogP contribution in [-0.2, 0) is 6.54 Å². The number of fused-ring (bicyclic) bond motifs is 1. The Labute approximate surface area is 200 Å². The van der Waals surface area contributed by atoms with Crippen LogP contribution >= 0.6 is 11.3 Å². The van der Waals surface area contributed by atoms with Crippen LogP contribution in [0.4, 0.5) is 15.8 Å². The van der Waals surface area contributed by atoms with Gasteiger partial charge in [-0.2, -0.15) is 0 Å². The molecule has 5 N–H and O–H groups in total. The first-order valence-electron chi connectivity index (χ1n) is 10.8. The molecule has 2 heterocycles. The van der Waals surface area contributed by atoms with Crippen molar-refractivity contribution >= 4 is 49.7 Å². The standard InChI is InChI=1S/C25H23N5O3S/c26-22(32)21-24(29-23(33)17-7-5-15(6-8-17)12-30-13-20(31)14-30)34-25(28-21)27-19-10-9-16-3-1-2-4-18(16)11-19/h1-11,20,31H,12-14H2,(H2,26,32)(H,27,28)(H,29,33). The van der Waals surface area contributed by atoms with Crippen molar-refractivity contribution in [3.63, 3.8) is 0 Å². The van der Waals surface area contributed by atoms with E-state index in [1.165, 1.54) is 0 Å². The van der Waals surface area contributed by atoms with E-state index in [1.807, 2.05) is 54.6 Å². The smallest absolute Gasteiger partial charge is 0.270 e. The molecule has 34 heavy (non-hydrogen) atoms. The third-order valence-corrected chi connectivity index (χ3v) is 6.53. The van der Waals surface area contributed by atoms with E-state index in [9.17, 15) is 14.7 Å². The van der Waals surface area contributed by atoms with Crippen molar-refractivity contribution < 1.29 is 14.7 Å². The second-order valence-corrected chi connectivity index (χ2v) is 9.25. The molecule has 1 fully saturated rings. The monoisotopic (exact) mass is 473 g/mol. The van der Waals surface area contributed by atoms with E-state index in [4.69, 9.17) is 5.73 Å². The number of amides is 2. The molecule has 0 unspecified atom stereocenters. The molecule has 1 aliphatic rings. The van der Waals surface area contributed by atoms with Gasteiger partial charge in [0.25, 0.3) is 11.8 Å². The fourth-order valence-electron chi connectivity index (χ4n) is 3.88. The molecule has 0 atom stereocenters. The van der Waals surface area contributed by atoms with Crippen molar-refractivity contribution in [1.82, 2.24) is 9.88 Å². The number of primary amides is 1. The summed E-state index contributed by atoms with van der Waals surface area (Å²) in [5.74, 6) is -1.07. The molecule has 0 bridgehead atoms. The minimum absolute atomic E-state index is 0.00889. The lowest BCUT2D eigenvalue weighted by Crippen LogP contribution is -2.49. The van der Waals surface area contributed by atoms with Gasteiger partial charge in [-0.25, -0.2) is 4.98 Å². The number of hydrogen-bond acceptors (Lipinski definition) is 7. The zero-order valence-electron chi connectivity index (χ0n) is 18.2. The summed E-state index contributed by atoms with van der Waals surface area (Å²) in [6.45, 7) is 2.06. The molecule has 1 aromatic heterocycles. The Kier molecular flexibility index (Phi) is 5.97. The second kappa shape index (κ2) is 9.22. The summed E-state index contributed by atoms with van der Waals surface area (Å²) in [5.41, 5.74) is 7.84. The van der Waals surface area contributed by atoms with E-state index in [1.54, 1.807) is 12.1 Å². The number of aromatic nitrogens is 1. The fourth-order valence-corrected chi connectivity index (χ4v) is 4.77. The fraction of sp³-hybridized carbons (Fsp3) is 0.160. The molecule has 3 aromatic carbocycles. The number of likely N-dealkylation sites (tertiary alicyclic amines) is 1. The van der Waals surface area contributed by atoms with Crippen LogP contribution in [0.25, 0.3) is 10.8 Å². The van der Waals surface area contributed by atoms with Crippen molar-refractivity contribution in [3.05, 3.63) is 83.6 Å². The zero-order valence-corrected chi connectivity index (χ0v) is 19.0. The zero-order chi connectivity index (χ0) is 23.7. The molecule has 172 valence electrons. The van der Waals surface area contributed by atoms with E-state index in [0.717, 1.165) is 39.9 Å². The van der Waals surface area contributed by atoms with E-state index < -0.39 is 5.91 Å². The minimum atomic E-state index is -0.717. The number of thiazole rings is 1. The van der Waals surface area contributed by atoms with Gasteiger partial charge < -0.3 is 21.5 Å². The van der Waals surface area contributed by atoms with Crippen molar-refractivity contribution in [3.8, 4) is 0 Å². The Morgan fingerprint density at radius 2 is 1.79 bits per heavy atom. The van der Waals surface area contributed by atoms with Crippen molar-refractivity contribution in [1.29, 1.82) is 0 Å². The number of rotatable bonds is 7. The predicted octanol–water partition coefficient (Wildman–Crippen LogP) is 3.57. The summed E-state index contributed by atoms with van der Waals surface area (Å²) >= 11 is 1.15. The Bertz CT molecular complexity index is 1360. The molecule has 4 aromatic rings. The average molecular weight is 474 g/mol. The summed E-state index contributed by atoms with van der Waals surface area (Å²) < 4.78 is 0. The first-order valence-corrected chi connectivity index (χ1v) is 11.6. The van der Waals surface area contributed by atoms with Gasteiger partial charge in [0, 0.05) is 30.9 Å². The predicted molar refractivity (Wildman–Crippen MR) is 134 cm³/mol. The van der Waals surface area contributed by atoms with Crippen LogP contribution in [0.15, 0.2) is 66.7 Å². The maximum Gasteiger partial charge on any atom is 0.270 e. The van der Waals surface area contributed by atoms with E-state index >= 15 is 0 Å². The summed E-state index contributed by atoms with van der Waals surface area (Å²) in [7, 11) is 0. The Balaban J connectivity index is 1.29. The number of carbonyl (C=O) groups is 2. The summed E-state index contributed by atoms with van der Waals surface area (Å²) in [5, 5.41) is 18.3. The van der Waals surface area contributed by atoms with Gasteiger partial charge in [0.15, 0.2) is 10.8 Å². The number of nitrogens with one attached hydrogen (secondary N) is 2. The first kappa shape index (κ1) is 22.0. The molecule has 8 nitrogen and oxygen atoms in total. The maximum atomic E-state index is 12.8. The van der Waals surface area contributed by atoms with E-state index in [2.05, 4.69) is 20.5 Å². The van der Waals surface area contributed by atoms with Gasteiger partial charge in [-0.1, -0.05) is 53.8 Å². The maximum absolute atomic E-state index is 12.8. The molecule has 0 radical (unpaired) electrons. The van der Waals surface area contributed by atoms with Crippen molar-refractivity contribution in [2.45, 2.75) is 12.6 Å². The summed E-state index contributed by atoms with van der Waals surface area (Å²) in [4.78, 5) is 31.2. The Hall–Kier alpha value is -3.79. The first-order chi connectivity index (χ1) is 16.4. The number of aliphatic hydroxyl groups is 1. The van der Waals surface area contributed by atoms with Crippen molar-refractivity contribution in [2.75, 3.05) is 23.7 Å². The molecule has 1 aliphatic heterocycles. The molecule has 0 saturated carbocycles. The molecule has 2 amide bonds. The Morgan fingerprint density at radius 3 is 2.50 bits per heavy atom. The van der Waals surface area contributed by atoms with E-state index in [-0.39, 0.29) is 17.7 Å². The summed E-state index contributed by atoms with van der Waals surface area (Å²) in [6.07, 6.45) is -0.246. The molecular weight excluding hydrogens is 450 g/mol. The molecule has 1 saturated heterocycles. The normalized spacial score (nSPS) is 14.0. The van der Waals surface area contributed by atoms with Crippen LogP contribution in [0.5, 0.6) is 0 Å². The highest BCUT2D eigenvalue weighted by Gasteiger charge is 2.24. The van der Waals surface area contributed by atoms with Crippen LogP contribution in [-0.4, -0.2) is 46.0 Å². The number of anilines is 3. The van der Waals surface area contributed by atoms with Crippen LogP contribution in [0.2, 0.25) is 0 Å². The molecule has 0 spiro atoms. The molecule has 9 heteroatoms. The van der Waals surface area contributed by atoms with Gasteiger partial charge in [-0.3, -0.25) is 14.5 Å². The van der Waals surface area contributed by atoms with Crippen LogP contribution in [0.1, 0.15) is 26.4 Å². The number of hydrogen-bond donors (Lipinski definition) is 4. The quantitative estimate of drug-likeness (QED) is 0.326. The number of carbonyl (C=O) groups excluding carboxylic acids is 2. The number of nitrogens with two attached hydrogens (primary N) is 1. The van der Waals surface area contributed by atoms with Gasteiger partial charge in [0.2, 0.25) is 0 Å². The molecule has 0 aliphatic carbocycles. The third-order valence-electron chi connectivity index (χ3n) is 5.65. The lowest BCUT2D eigenvalue weighted by molar-refractivity contribution is -0.00286. The van der Waals surface area contributed by atoms with Crippen LogP contribution in [0.3, 0.4) is 0 Å². The minimum Gasteiger partial charge on any atom is -0.390 e. The van der Waals surface area contributed by atoms with Gasteiger partial charge in [0.1, 0.15) is 5.00 Å². The average Bonchev–Trinajstić information content (AvgIpc) is 3.20. The highest BCUT2D eigenvalue weighted by Crippen LogP contribution is 2.32. The van der Waals surface area contributed by atoms with Crippen LogP contribution in [0, 0.1) is 0 Å². The van der Waals surface area contributed by atoms with Crippen LogP contribution < -0.4 is 16.4 Å². The highest BCUT2D eigenvalue weighted by atomic mass is 32.1. The third kappa shape index (κ3) is 4.76. The number of benzene rings is 3. The summed E-state index contributed by atoms with van der Waals surface area (Å²) in [6, 6.07) is 21.1. The van der Waals surface area contributed by atoms with E-state index in [0.29, 0.717) is 28.8 Å². The number of β-amino-alcohol motifs (C(OH)–C–C–N with tert-alkyl or cyclic N) is 1. The van der Waals surface area contributed by atoms with Crippen molar-refractivity contribution in [2.24, 2.45) is 5.73 Å². The lowest BCUT2D eigenvalue weighted by Gasteiger charge is -2.35. The van der Waals surface area contributed by atoms with Gasteiger partial charge >= 0.3 is 0 Å². The van der Waals surface area contributed by atoms with Gasteiger partial charge in [0.05, 0.1) is 6.10 Å². The lowest BCUT2D eigenvalue weighted by atomic mass is 10.1. The van der Waals surface area contributed by atoms with Gasteiger partial charge in [-0.15, -0.1) is 0 Å². The molecular formula is C25H23N5O3S. The number of nitrogens with zero attached hydrogens (tertiary/aromatic N) is 2.